The van der Waals surface area contributed by atoms with Crippen LogP contribution >= 0.6 is 23.2 Å². The van der Waals surface area contributed by atoms with Gasteiger partial charge in [0.05, 0.1) is 10.0 Å². The Morgan fingerprint density at radius 1 is 1.13 bits per heavy atom. The molecule has 0 saturated heterocycles. The van der Waals surface area contributed by atoms with Crippen LogP contribution in [0.2, 0.25) is 10.0 Å². The van der Waals surface area contributed by atoms with Crippen molar-refractivity contribution < 1.29 is 9.63 Å². The molecule has 2 aromatic carbocycles. The second-order valence-electron chi connectivity index (χ2n) is 7.20. The lowest BCUT2D eigenvalue weighted by Gasteiger charge is -2.17. The van der Waals surface area contributed by atoms with Crippen LogP contribution < -0.4 is 0 Å². The van der Waals surface area contributed by atoms with Crippen LogP contribution in [0.5, 0.6) is 5.75 Å². The van der Waals surface area contributed by atoms with Gasteiger partial charge in [0.25, 0.3) is 0 Å². The largest absolute Gasteiger partial charge is 0.505 e. The molecule has 0 fully saturated rings. The van der Waals surface area contributed by atoms with Crippen LogP contribution in [0.3, 0.4) is 0 Å². The van der Waals surface area contributed by atoms with E-state index in [1.165, 1.54) is 16.7 Å². The summed E-state index contributed by atoms with van der Waals surface area (Å²) in [5.41, 5.74) is 4.20. The molecule has 1 aliphatic rings. The summed E-state index contributed by atoms with van der Waals surface area (Å²) in [7, 11) is 0. The minimum atomic E-state index is -0.161. The van der Waals surface area contributed by atoms with Crippen LogP contribution in [0.1, 0.15) is 30.7 Å². The summed E-state index contributed by atoms with van der Waals surface area (Å²) in [6, 6.07) is 13.4. The lowest BCUT2D eigenvalue weighted by Crippen LogP contribution is -2.06. The minimum Gasteiger partial charge on any atom is -0.505 e. The standard InChI is InChI=1S/C24H20Cl2N2O2/c1-15-7-5-6-10-17(11-15)19(16-8-3-2-4-9-16)14-22-27-24(28-30-22)18-12-20(25)23(29)21(26)13-18/h2-5,7-13,19,29H,6,14H2,1H3. The molecule has 1 atom stereocenters. The molecule has 152 valence electrons. The number of aromatic nitrogens is 2. The number of benzene rings is 2. The van der Waals surface area contributed by atoms with Gasteiger partial charge >= 0.3 is 0 Å². The van der Waals surface area contributed by atoms with Gasteiger partial charge in [0.2, 0.25) is 11.7 Å². The molecule has 1 N–H and O–H groups in total. The number of phenolic OH excluding ortho intramolecular Hbond substituents is 1. The van der Waals surface area contributed by atoms with E-state index in [-0.39, 0.29) is 21.7 Å². The second-order valence-corrected chi connectivity index (χ2v) is 8.01. The topological polar surface area (TPSA) is 59.2 Å². The van der Waals surface area contributed by atoms with Crippen LogP contribution in [0.15, 0.2) is 82.4 Å². The van der Waals surface area contributed by atoms with E-state index in [2.05, 4.69) is 53.5 Å². The number of aromatic hydroxyl groups is 1. The summed E-state index contributed by atoms with van der Waals surface area (Å²) in [4.78, 5) is 4.55. The third-order valence-corrected chi connectivity index (χ3v) is 5.57. The summed E-state index contributed by atoms with van der Waals surface area (Å²) in [6.45, 7) is 2.10. The van der Waals surface area contributed by atoms with Crippen LogP contribution in [-0.2, 0) is 6.42 Å². The Hall–Kier alpha value is -2.82. The highest BCUT2D eigenvalue weighted by molar-refractivity contribution is 6.37. The molecule has 6 heteroatoms. The minimum absolute atomic E-state index is 0.0846. The Morgan fingerprint density at radius 3 is 2.60 bits per heavy atom. The SMILES string of the molecule is CC1=CC(C(Cc2nc(-c3cc(Cl)c(O)c(Cl)c3)no2)c2ccccc2)=CCC=C1. The highest BCUT2D eigenvalue weighted by Crippen LogP contribution is 2.36. The van der Waals surface area contributed by atoms with Crippen LogP contribution in [0.4, 0.5) is 0 Å². The van der Waals surface area contributed by atoms with Crippen LogP contribution in [0.25, 0.3) is 11.4 Å². The van der Waals surface area contributed by atoms with Crippen molar-refractivity contribution in [2.75, 3.05) is 0 Å². The van der Waals surface area contributed by atoms with Crippen molar-refractivity contribution in [2.24, 2.45) is 0 Å². The Morgan fingerprint density at radius 2 is 1.87 bits per heavy atom. The average Bonchev–Trinajstić information content (AvgIpc) is 3.11. The summed E-state index contributed by atoms with van der Waals surface area (Å²) in [5, 5.41) is 14.1. The Bertz CT molecular complexity index is 1120. The fraction of sp³-hybridized carbons (Fsp3) is 0.167. The van der Waals surface area contributed by atoms with Gasteiger partial charge in [0, 0.05) is 17.9 Å². The molecule has 4 rings (SSSR count). The zero-order valence-corrected chi connectivity index (χ0v) is 17.9. The Labute approximate surface area is 185 Å². The first kappa shape index (κ1) is 20.5. The fourth-order valence-corrected chi connectivity index (χ4v) is 4.00. The second kappa shape index (κ2) is 8.90. The molecule has 1 unspecified atom stereocenters. The number of rotatable bonds is 5. The molecule has 0 spiro atoms. The summed E-state index contributed by atoms with van der Waals surface area (Å²) in [6.07, 6.45) is 10.2. The lowest BCUT2D eigenvalue weighted by atomic mass is 9.87. The van der Waals surface area contributed by atoms with Crippen molar-refractivity contribution in [2.45, 2.75) is 25.7 Å². The molecular formula is C24H20Cl2N2O2. The quantitative estimate of drug-likeness (QED) is 0.469. The molecule has 0 bridgehead atoms. The van der Waals surface area contributed by atoms with E-state index in [0.717, 1.165) is 6.42 Å². The van der Waals surface area contributed by atoms with E-state index < -0.39 is 0 Å². The maximum absolute atomic E-state index is 9.77. The number of hydrogen-bond donors (Lipinski definition) is 1. The lowest BCUT2D eigenvalue weighted by molar-refractivity contribution is 0.374. The number of nitrogens with zero attached hydrogens (tertiary/aromatic N) is 2. The van der Waals surface area contributed by atoms with E-state index >= 15 is 0 Å². The predicted molar refractivity (Wildman–Crippen MR) is 120 cm³/mol. The summed E-state index contributed by atoms with van der Waals surface area (Å²) in [5.74, 6) is 0.819. The smallest absolute Gasteiger partial charge is 0.227 e. The highest BCUT2D eigenvalue weighted by Gasteiger charge is 2.21. The Kier molecular flexibility index (Phi) is 6.07. The zero-order chi connectivity index (χ0) is 21.1. The van der Waals surface area contributed by atoms with Crippen molar-refractivity contribution in [1.82, 2.24) is 10.1 Å². The maximum atomic E-state index is 9.77. The van der Waals surface area contributed by atoms with Gasteiger partial charge in [-0.05, 0) is 36.6 Å². The Balaban J connectivity index is 1.66. The molecular weight excluding hydrogens is 419 g/mol. The first-order valence-electron chi connectivity index (χ1n) is 9.62. The molecule has 0 radical (unpaired) electrons. The third-order valence-electron chi connectivity index (χ3n) is 4.99. The molecule has 1 heterocycles. The van der Waals surface area contributed by atoms with Gasteiger partial charge in [-0.3, -0.25) is 0 Å². The van der Waals surface area contributed by atoms with Gasteiger partial charge in [-0.15, -0.1) is 0 Å². The average molecular weight is 439 g/mol. The van der Waals surface area contributed by atoms with Crippen molar-refractivity contribution >= 4 is 23.2 Å². The zero-order valence-electron chi connectivity index (χ0n) is 16.3. The molecule has 4 nitrogen and oxygen atoms in total. The van der Waals surface area contributed by atoms with E-state index in [9.17, 15) is 5.11 Å². The van der Waals surface area contributed by atoms with Crippen LogP contribution in [-0.4, -0.2) is 15.2 Å². The van der Waals surface area contributed by atoms with E-state index in [1.807, 2.05) is 18.2 Å². The summed E-state index contributed by atoms with van der Waals surface area (Å²) < 4.78 is 5.56. The van der Waals surface area contributed by atoms with Gasteiger partial charge in [-0.25, -0.2) is 0 Å². The van der Waals surface area contributed by atoms with Gasteiger partial charge < -0.3 is 9.63 Å². The number of hydrogen-bond acceptors (Lipinski definition) is 4. The maximum Gasteiger partial charge on any atom is 0.227 e. The summed E-state index contributed by atoms with van der Waals surface area (Å²) >= 11 is 12.1. The third kappa shape index (κ3) is 4.50. The monoisotopic (exact) mass is 438 g/mol. The molecule has 3 aromatic rings. The number of allylic oxidation sites excluding steroid dienone is 6. The molecule has 1 aliphatic carbocycles. The number of phenols is 1. The van der Waals surface area contributed by atoms with Gasteiger partial charge in [0.15, 0.2) is 5.75 Å². The van der Waals surface area contributed by atoms with Crippen molar-refractivity contribution in [3.8, 4) is 17.1 Å². The normalized spacial score (nSPS) is 14.8. The first-order chi connectivity index (χ1) is 14.5. The van der Waals surface area contributed by atoms with E-state index in [4.69, 9.17) is 27.7 Å². The molecule has 1 aromatic heterocycles. The van der Waals surface area contributed by atoms with Crippen molar-refractivity contribution in [3.63, 3.8) is 0 Å². The predicted octanol–water partition coefficient (Wildman–Crippen LogP) is 6.91. The van der Waals surface area contributed by atoms with Gasteiger partial charge in [-0.2, -0.15) is 4.98 Å². The van der Waals surface area contributed by atoms with E-state index in [0.29, 0.717) is 23.7 Å². The first-order valence-corrected chi connectivity index (χ1v) is 10.4. The van der Waals surface area contributed by atoms with Crippen LogP contribution in [0, 0.1) is 0 Å². The van der Waals surface area contributed by atoms with Gasteiger partial charge in [0.1, 0.15) is 0 Å². The van der Waals surface area contributed by atoms with Crippen molar-refractivity contribution in [3.05, 3.63) is 99.4 Å². The van der Waals surface area contributed by atoms with E-state index in [1.54, 1.807) is 12.1 Å². The van der Waals surface area contributed by atoms with Gasteiger partial charge in [-0.1, -0.05) is 88.6 Å². The molecule has 30 heavy (non-hydrogen) atoms. The molecule has 0 aliphatic heterocycles. The number of halogens is 2. The molecule has 0 amide bonds. The molecule has 0 saturated carbocycles. The fourth-order valence-electron chi connectivity index (χ4n) is 3.51. The van der Waals surface area contributed by atoms with Crippen molar-refractivity contribution in [1.29, 1.82) is 0 Å². The highest BCUT2D eigenvalue weighted by atomic mass is 35.5.